The number of amides is 2. The lowest BCUT2D eigenvalue weighted by Crippen LogP contribution is -2.47. The first-order valence-electron chi connectivity index (χ1n) is 11.8. The molecule has 8 heteroatoms. The molecular formula is C27H31N3O5. The van der Waals surface area contributed by atoms with Crippen LogP contribution in [0.2, 0.25) is 0 Å². The minimum Gasteiger partial charge on any atom is -0.461 e. The summed E-state index contributed by atoms with van der Waals surface area (Å²) >= 11 is 0. The average Bonchev–Trinajstić information content (AvgIpc) is 3.43. The Bertz CT molecular complexity index is 1230. The van der Waals surface area contributed by atoms with E-state index in [4.69, 9.17) is 9.47 Å². The first-order valence-corrected chi connectivity index (χ1v) is 11.8. The number of anilines is 1. The van der Waals surface area contributed by atoms with Gasteiger partial charge in [0.2, 0.25) is 5.91 Å². The monoisotopic (exact) mass is 477 g/mol. The first kappa shape index (κ1) is 24.3. The van der Waals surface area contributed by atoms with Crippen molar-refractivity contribution in [2.75, 3.05) is 18.5 Å². The van der Waals surface area contributed by atoms with Crippen molar-refractivity contribution in [3.8, 4) is 0 Å². The van der Waals surface area contributed by atoms with E-state index in [1.165, 1.54) is 4.90 Å². The maximum Gasteiger partial charge on any atom is 0.410 e. The number of carbonyl (C=O) groups is 3. The lowest BCUT2D eigenvalue weighted by Gasteiger charge is -2.30. The van der Waals surface area contributed by atoms with Crippen LogP contribution in [-0.4, -0.2) is 52.6 Å². The van der Waals surface area contributed by atoms with Crippen LogP contribution in [-0.2, 0) is 14.3 Å². The molecule has 2 atom stereocenters. The second kappa shape index (κ2) is 9.82. The zero-order valence-electron chi connectivity index (χ0n) is 20.5. The summed E-state index contributed by atoms with van der Waals surface area (Å²) in [6.07, 6.45) is 0.150. The molecule has 3 aromatic rings. The van der Waals surface area contributed by atoms with Crippen LogP contribution in [0.5, 0.6) is 0 Å². The van der Waals surface area contributed by atoms with Crippen molar-refractivity contribution in [1.29, 1.82) is 0 Å². The third-order valence-electron chi connectivity index (χ3n) is 5.91. The zero-order chi connectivity index (χ0) is 25.2. The minimum atomic E-state index is -0.718. The number of carbonyl (C=O) groups excluding carboxylic acids is 3. The smallest absolute Gasteiger partial charge is 0.410 e. The number of likely N-dealkylation sites (tertiary alicyclic amines) is 1. The van der Waals surface area contributed by atoms with E-state index in [2.05, 4.69) is 10.3 Å². The maximum absolute atomic E-state index is 13.6. The second-order valence-corrected chi connectivity index (χ2v) is 9.62. The number of H-pyrrole nitrogens is 1. The molecule has 184 valence electrons. The van der Waals surface area contributed by atoms with Crippen LogP contribution in [0.15, 0.2) is 54.6 Å². The van der Waals surface area contributed by atoms with Gasteiger partial charge in [0.1, 0.15) is 17.3 Å². The zero-order valence-corrected chi connectivity index (χ0v) is 20.5. The Morgan fingerprint density at radius 1 is 1.09 bits per heavy atom. The molecule has 1 aromatic heterocycles. The predicted molar refractivity (Wildman–Crippen MR) is 133 cm³/mol. The van der Waals surface area contributed by atoms with Crippen molar-refractivity contribution in [1.82, 2.24) is 9.88 Å². The Balaban J connectivity index is 1.59. The molecule has 4 rings (SSSR count). The Labute approximate surface area is 204 Å². The summed E-state index contributed by atoms with van der Waals surface area (Å²) in [5.74, 6) is -0.878. The molecule has 1 aliphatic rings. The molecule has 2 amide bonds. The molecule has 2 heterocycles. The molecular weight excluding hydrogens is 446 g/mol. The predicted octanol–water partition coefficient (Wildman–Crippen LogP) is 5.08. The summed E-state index contributed by atoms with van der Waals surface area (Å²) < 4.78 is 10.7. The molecule has 0 unspecified atom stereocenters. The number of nitrogens with one attached hydrogen (secondary N) is 2. The molecule has 0 radical (unpaired) electrons. The van der Waals surface area contributed by atoms with Gasteiger partial charge in [-0.3, -0.25) is 9.69 Å². The topological polar surface area (TPSA) is 101 Å². The molecule has 0 bridgehead atoms. The summed E-state index contributed by atoms with van der Waals surface area (Å²) in [5, 5.41) is 3.73. The number of hydrogen-bond donors (Lipinski definition) is 2. The van der Waals surface area contributed by atoms with Crippen molar-refractivity contribution in [2.24, 2.45) is 0 Å². The number of benzene rings is 2. The van der Waals surface area contributed by atoms with Gasteiger partial charge in [-0.2, -0.15) is 0 Å². The number of nitrogens with zero attached hydrogens (tertiary/aromatic N) is 1. The van der Waals surface area contributed by atoms with Crippen LogP contribution in [0.4, 0.5) is 10.5 Å². The van der Waals surface area contributed by atoms with Gasteiger partial charge in [-0.25, -0.2) is 9.59 Å². The quantitative estimate of drug-likeness (QED) is 0.499. The first-order chi connectivity index (χ1) is 16.7. The van der Waals surface area contributed by atoms with Gasteiger partial charge in [0.15, 0.2) is 0 Å². The van der Waals surface area contributed by atoms with Crippen LogP contribution in [0.1, 0.15) is 56.1 Å². The number of hydrogen-bond acceptors (Lipinski definition) is 5. The number of aromatic nitrogens is 1. The van der Waals surface area contributed by atoms with Gasteiger partial charge in [0, 0.05) is 29.1 Å². The SMILES string of the molecule is CCOC(=O)c1cc2cc(NC(=O)[C@H]3[C@@H](c4ccccc4)CCN3C(=O)OC(C)(C)C)ccc2[nH]1. The fourth-order valence-electron chi connectivity index (χ4n) is 4.44. The Morgan fingerprint density at radius 2 is 1.83 bits per heavy atom. The molecule has 0 spiro atoms. The van der Waals surface area contributed by atoms with Crippen molar-refractivity contribution in [3.05, 3.63) is 65.9 Å². The van der Waals surface area contributed by atoms with Gasteiger partial charge in [0.25, 0.3) is 0 Å². The maximum atomic E-state index is 13.6. The number of ether oxygens (including phenoxy) is 2. The molecule has 0 saturated carbocycles. The Morgan fingerprint density at radius 3 is 2.51 bits per heavy atom. The number of esters is 1. The Kier molecular flexibility index (Phi) is 6.82. The summed E-state index contributed by atoms with van der Waals surface area (Å²) in [6, 6.07) is 16.1. The van der Waals surface area contributed by atoms with E-state index in [-0.39, 0.29) is 18.4 Å². The molecule has 1 fully saturated rings. The third-order valence-corrected chi connectivity index (χ3v) is 5.91. The van der Waals surface area contributed by atoms with Gasteiger partial charge in [-0.05, 0) is 63.9 Å². The van der Waals surface area contributed by atoms with Crippen molar-refractivity contribution >= 4 is 34.6 Å². The van der Waals surface area contributed by atoms with Crippen molar-refractivity contribution in [2.45, 2.75) is 51.7 Å². The normalized spacial score (nSPS) is 17.9. The summed E-state index contributed by atoms with van der Waals surface area (Å²) in [6.45, 7) is 7.88. The van der Waals surface area contributed by atoms with Crippen LogP contribution >= 0.6 is 0 Å². The van der Waals surface area contributed by atoms with Gasteiger partial charge in [0.05, 0.1) is 6.61 Å². The van der Waals surface area contributed by atoms with E-state index in [0.29, 0.717) is 24.3 Å². The van der Waals surface area contributed by atoms with E-state index >= 15 is 0 Å². The third kappa shape index (κ3) is 5.48. The van der Waals surface area contributed by atoms with Gasteiger partial charge < -0.3 is 19.8 Å². The van der Waals surface area contributed by atoms with Gasteiger partial charge in [-0.1, -0.05) is 30.3 Å². The second-order valence-electron chi connectivity index (χ2n) is 9.62. The van der Waals surface area contributed by atoms with E-state index in [1.807, 2.05) is 30.3 Å². The lowest BCUT2D eigenvalue weighted by molar-refractivity contribution is -0.120. The highest BCUT2D eigenvalue weighted by atomic mass is 16.6. The molecule has 8 nitrogen and oxygen atoms in total. The highest BCUT2D eigenvalue weighted by molar-refractivity contribution is 6.00. The molecule has 2 aromatic carbocycles. The molecule has 35 heavy (non-hydrogen) atoms. The van der Waals surface area contributed by atoms with Crippen LogP contribution in [0.3, 0.4) is 0 Å². The van der Waals surface area contributed by atoms with Crippen LogP contribution < -0.4 is 5.32 Å². The van der Waals surface area contributed by atoms with E-state index in [9.17, 15) is 14.4 Å². The number of fused-ring (bicyclic) bond motifs is 1. The highest BCUT2D eigenvalue weighted by Crippen LogP contribution is 2.35. The molecule has 1 aliphatic heterocycles. The molecule has 1 saturated heterocycles. The number of aromatic amines is 1. The lowest BCUT2D eigenvalue weighted by atomic mass is 9.91. The summed E-state index contributed by atoms with van der Waals surface area (Å²) in [5.41, 5.74) is 2.00. The fraction of sp³-hybridized carbons (Fsp3) is 0.370. The van der Waals surface area contributed by atoms with Crippen LogP contribution in [0.25, 0.3) is 10.9 Å². The fourth-order valence-corrected chi connectivity index (χ4v) is 4.44. The van der Waals surface area contributed by atoms with Crippen molar-refractivity contribution in [3.63, 3.8) is 0 Å². The van der Waals surface area contributed by atoms with Crippen molar-refractivity contribution < 1.29 is 23.9 Å². The largest absolute Gasteiger partial charge is 0.461 e. The summed E-state index contributed by atoms with van der Waals surface area (Å²) in [4.78, 5) is 43.1. The average molecular weight is 478 g/mol. The van der Waals surface area contributed by atoms with E-state index in [0.717, 1.165) is 16.5 Å². The summed E-state index contributed by atoms with van der Waals surface area (Å²) in [7, 11) is 0. The minimum absolute atomic E-state index is 0.157. The standard InChI is InChI=1S/C27H31N3O5/c1-5-34-25(32)22-16-18-15-19(11-12-21(18)29-22)28-24(31)23-20(17-9-7-6-8-10-17)13-14-30(23)26(33)35-27(2,3)4/h6-12,15-16,20,23,29H,5,13-14H2,1-4H3,(H,28,31)/t20-,23-/m1/s1. The number of rotatable bonds is 5. The van der Waals surface area contributed by atoms with E-state index in [1.54, 1.807) is 52.0 Å². The molecule has 0 aliphatic carbocycles. The van der Waals surface area contributed by atoms with E-state index < -0.39 is 23.7 Å². The van der Waals surface area contributed by atoms with Gasteiger partial charge >= 0.3 is 12.1 Å². The van der Waals surface area contributed by atoms with Gasteiger partial charge in [-0.15, -0.1) is 0 Å². The molecule has 2 N–H and O–H groups in total. The van der Waals surface area contributed by atoms with Crippen LogP contribution in [0, 0.1) is 0 Å². The highest BCUT2D eigenvalue weighted by Gasteiger charge is 2.44. The Hall–Kier alpha value is -3.81.